The van der Waals surface area contributed by atoms with Crippen LogP contribution in [-0.2, 0) is 0 Å². The van der Waals surface area contributed by atoms with Crippen molar-refractivity contribution in [3.63, 3.8) is 0 Å². The molecule has 3 aromatic carbocycles. The van der Waals surface area contributed by atoms with Gasteiger partial charge in [-0.1, -0.05) is 62.0 Å². The number of benzene rings is 3. The highest BCUT2D eigenvalue weighted by Crippen LogP contribution is 2.48. The van der Waals surface area contributed by atoms with Gasteiger partial charge in [-0.15, -0.1) is 0 Å². The minimum absolute atomic E-state index is 0.0858. The van der Waals surface area contributed by atoms with Crippen LogP contribution in [0.2, 0.25) is 0 Å². The van der Waals surface area contributed by atoms with Crippen molar-refractivity contribution < 1.29 is 9.53 Å². The van der Waals surface area contributed by atoms with Gasteiger partial charge in [-0.2, -0.15) is 0 Å². The van der Waals surface area contributed by atoms with Gasteiger partial charge < -0.3 is 10.1 Å². The summed E-state index contributed by atoms with van der Waals surface area (Å²) in [5.74, 6) is 1.25. The summed E-state index contributed by atoms with van der Waals surface area (Å²) >= 11 is 1.70. The monoisotopic (exact) mass is 418 g/mol. The lowest BCUT2D eigenvalue weighted by Gasteiger charge is -2.33. The molecule has 3 aromatic rings. The van der Waals surface area contributed by atoms with Crippen LogP contribution in [0, 0.1) is 5.92 Å². The Hall–Kier alpha value is -2.92. The smallest absolute Gasteiger partial charge is 0.327 e. The highest BCUT2D eigenvalue weighted by Gasteiger charge is 2.29. The second kappa shape index (κ2) is 8.84. The maximum atomic E-state index is 13.6. The van der Waals surface area contributed by atoms with Crippen molar-refractivity contribution in [3.05, 3.63) is 78.4 Å². The van der Waals surface area contributed by atoms with Gasteiger partial charge in [0, 0.05) is 9.79 Å². The summed E-state index contributed by atoms with van der Waals surface area (Å²) in [7, 11) is 1.66. The fourth-order valence-electron chi connectivity index (χ4n) is 3.72. The molecule has 0 saturated heterocycles. The summed E-state index contributed by atoms with van der Waals surface area (Å²) in [6.07, 6.45) is 0.851. The lowest BCUT2D eigenvalue weighted by atomic mass is 9.97. The number of nitrogens with zero attached hydrogens (tertiary/aromatic N) is 1. The number of amides is 2. The molecule has 1 aliphatic heterocycles. The third-order valence-corrected chi connectivity index (χ3v) is 6.29. The predicted octanol–water partition coefficient (Wildman–Crippen LogP) is 6.79. The first-order valence-electron chi connectivity index (χ1n) is 10.2. The zero-order valence-corrected chi connectivity index (χ0v) is 18.3. The molecular weight excluding hydrogens is 392 g/mol. The molecule has 4 rings (SSSR count). The van der Waals surface area contributed by atoms with Crippen LogP contribution >= 0.6 is 11.8 Å². The number of anilines is 2. The Morgan fingerprint density at radius 2 is 1.50 bits per heavy atom. The zero-order valence-electron chi connectivity index (χ0n) is 17.5. The van der Waals surface area contributed by atoms with Crippen LogP contribution in [0.15, 0.2) is 82.6 Å². The third kappa shape index (κ3) is 4.17. The van der Waals surface area contributed by atoms with Crippen LogP contribution in [0.5, 0.6) is 5.75 Å². The molecule has 0 radical (unpaired) electrons. The first-order valence-corrected chi connectivity index (χ1v) is 11.0. The molecule has 1 aliphatic rings. The van der Waals surface area contributed by atoms with Gasteiger partial charge in [0.1, 0.15) is 5.75 Å². The summed E-state index contributed by atoms with van der Waals surface area (Å²) in [6, 6.07) is 23.8. The number of rotatable bonds is 5. The van der Waals surface area contributed by atoms with E-state index in [1.807, 2.05) is 60.7 Å². The molecule has 0 spiro atoms. The Balaban J connectivity index is 1.67. The van der Waals surface area contributed by atoms with E-state index in [1.165, 1.54) is 0 Å². The number of nitrogens with one attached hydrogen (secondary N) is 1. The Morgan fingerprint density at radius 1 is 0.933 bits per heavy atom. The van der Waals surface area contributed by atoms with Gasteiger partial charge in [0.15, 0.2) is 0 Å². The number of urea groups is 1. The molecule has 0 bridgehead atoms. The van der Waals surface area contributed by atoms with E-state index in [2.05, 4.69) is 31.3 Å². The minimum Gasteiger partial charge on any atom is -0.497 e. The molecule has 4 nitrogen and oxygen atoms in total. The fourth-order valence-corrected chi connectivity index (χ4v) is 4.78. The second-order valence-electron chi connectivity index (χ2n) is 7.78. The Morgan fingerprint density at radius 3 is 2.03 bits per heavy atom. The number of hydrogen-bond acceptors (Lipinski definition) is 3. The minimum atomic E-state index is -0.114. The average Bonchev–Trinajstić information content (AvgIpc) is 2.76. The number of fused-ring (bicyclic) bond motifs is 2. The maximum Gasteiger partial charge on any atom is 0.327 e. The van der Waals surface area contributed by atoms with Crippen LogP contribution in [-0.4, -0.2) is 13.1 Å². The van der Waals surface area contributed by atoms with Crippen molar-refractivity contribution in [1.82, 2.24) is 5.32 Å². The quantitative estimate of drug-likeness (QED) is 0.496. The van der Waals surface area contributed by atoms with Crippen LogP contribution in [0.1, 0.15) is 31.9 Å². The molecule has 1 N–H and O–H groups in total. The molecule has 0 aromatic heterocycles. The Kier molecular flexibility index (Phi) is 6.00. The number of hydrogen-bond donors (Lipinski definition) is 1. The van der Waals surface area contributed by atoms with Gasteiger partial charge >= 0.3 is 6.03 Å². The van der Waals surface area contributed by atoms with Crippen molar-refractivity contribution in [2.45, 2.75) is 36.1 Å². The van der Waals surface area contributed by atoms with E-state index < -0.39 is 0 Å². The van der Waals surface area contributed by atoms with E-state index >= 15 is 0 Å². The first kappa shape index (κ1) is 20.4. The molecule has 1 heterocycles. The average molecular weight is 419 g/mol. The Bertz CT molecular complexity index is 988. The van der Waals surface area contributed by atoms with Crippen molar-refractivity contribution in [2.75, 3.05) is 12.0 Å². The highest BCUT2D eigenvalue weighted by molar-refractivity contribution is 7.99. The lowest BCUT2D eigenvalue weighted by Crippen LogP contribution is -2.40. The molecular formula is C25H26N2O2S. The SMILES string of the molecule is COc1ccc([C@H](CC(C)C)NC(=O)N2c3ccccc3Sc3ccccc32)cc1. The van der Waals surface area contributed by atoms with E-state index in [1.54, 1.807) is 23.8 Å². The molecule has 154 valence electrons. The third-order valence-electron chi connectivity index (χ3n) is 5.16. The van der Waals surface area contributed by atoms with Gasteiger partial charge in [-0.05, 0) is 54.3 Å². The van der Waals surface area contributed by atoms with Gasteiger partial charge in [0.25, 0.3) is 0 Å². The molecule has 30 heavy (non-hydrogen) atoms. The first-order chi connectivity index (χ1) is 14.6. The number of carbonyl (C=O) groups is 1. The predicted molar refractivity (Wildman–Crippen MR) is 123 cm³/mol. The van der Waals surface area contributed by atoms with E-state index in [9.17, 15) is 4.79 Å². The normalized spacial score (nSPS) is 13.4. The summed E-state index contributed by atoms with van der Waals surface area (Å²) in [6.45, 7) is 4.34. The maximum absolute atomic E-state index is 13.6. The molecule has 0 saturated carbocycles. The molecule has 2 amide bonds. The molecule has 0 aliphatic carbocycles. The van der Waals surface area contributed by atoms with Crippen LogP contribution in [0.3, 0.4) is 0 Å². The van der Waals surface area contributed by atoms with Crippen LogP contribution in [0.25, 0.3) is 0 Å². The van der Waals surface area contributed by atoms with Crippen LogP contribution in [0.4, 0.5) is 16.2 Å². The van der Waals surface area contributed by atoms with Gasteiger partial charge in [0.2, 0.25) is 0 Å². The van der Waals surface area contributed by atoms with Gasteiger partial charge in [-0.3, -0.25) is 4.90 Å². The van der Waals surface area contributed by atoms with E-state index in [0.717, 1.165) is 38.9 Å². The second-order valence-corrected chi connectivity index (χ2v) is 8.86. The van der Waals surface area contributed by atoms with E-state index in [4.69, 9.17) is 4.74 Å². The standard InChI is InChI=1S/C25H26N2O2S/c1-17(2)16-20(18-12-14-19(29-3)15-13-18)26-25(28)27-21-8-4-6-10-23(21)30-24-11-7-5-9-22(24)27/h4-15,17,20H,16H2,1-3H3,(H,26,28)/t20-/m0/s1. The largest absolute Gasteiger partial charge is 0.497 e. The van der Waals surface area contributed by atoms with Crippen LogP contribution < -0.4 is 15.0 Å². The number of para-hydroxylation sites is 2. The lowest BCUT2D eigenvalue weighted by molar-refractivity contribution is 0.242. The zero-order chi connectivity index (χ0) is 21.1. The summed E-state index contributed by atoms with van der Waals surface area (Å²) < 4.78 is 5.29. The summed E-state index contributed by atoms with van der Waals surface area (Å²) in [5, 5.41) is 3.29. The molecule has 0 fully saturated rings. The van der Waals surface area contributed by atoms with Crippen molar-refractivity contribution >= 4 is 29.2 Å². The number of methoxy groups -OCH3 is 1. The fraction of sp³-hybridized carbons (Fsp3) is 0.240. The van der Waals surface area contributed by atoms with Gasteiger partial charge in [0.05, 0.1) is 24.5 Å². The molecule has 5 heteroatoms. The summed E-state index contributed by atoms with van der Waals surface area (Å²) in [4.78, 5) is 17.6. The summed E-state index contributed by atoms with van der Waals surface area (Å²) in [5.41, 5.74) is 2.90. The van der Waals surface area contributed by atoms with Crippen molar-refractivity contribution in [3.8, 4) is 5.75 Å². The topological polar surface area (TPSA) is 41.6 Å². The molecule has 1 atom stereocenters. The number of carbonyl (C=O) groups excluding carboxylic acids is 1. The van der Waals surface area contributed by atoms with Crippen molar-refractivity contribution in [1.29, 1.82) is 0 Å². The van der Waals surface area contributed by atoms with Gasteiger partial charge in [-0.25, -0.2) is 4.79 Å². The highest BCUT2D eigenvalue weighted by atomic mass is 32.2. The van der Waals surface area contributed by atoms with E-state index in [0.29, 0.717) is 5.92 Å². The Labute approximate surface area is 182 Å². The van der Waals surface area contributed by atoms with E-state index in [-0.39, 0.29) is 12.1 Å². The molecule has 0 unspecified atom stereocenters. The number of ether oxygens (including phenoxy) is 1. The van der Waals surface area contributed by atoms with Crippen molar-refractivity contribution in [2.24, 2.45) is 5.92 Å².